The minimum atomic E-state index is -0.643. The van der Waals surface area contributed by atoms with Crippen LogP contribution in [0.2, 0.25) is 0 Å². The fourth-order valence-electron chi connectivity index (χ4n) is 4.18. The van der Waals surface area contributed by atoms with Crippen LogP contribution in [0.5, 0.6) is 0 Å². The topological polar surface area (TPSA) is 84.8 Å². The van der Waals surface area contributed by atoms with E-state index in [0.717, 1.165) is 42.2 Å². The highest BCUT2D eigenvalue weighted by atomic mass is 16.3. The standard InChI is InChI=1S/C21H31N5O2/c1-5-11-25-19-16(18-22-15(13(3)6-2)12-26(18)20(25)27)23-17(24-19)14-7-9-21(4,28)10-8-14/h7,13,15,28H,5-6,8-12H2,1-4H3,(H,23,24)/t13?,15-,21?/m0/s1. The number of aromatic amines is 1. The molecule has 3 atom stereocenters. The summed E-state index contributed by atoms with van der Waals surface area (Å²) in [5, 5.41) is 10.2. The van der Waals surface area contributed by atoms with Gasteiger partial charge in [-0.1, -0.05) is 33.3 Å². The number of nitrogens with one attached hydrogen (secondary N) is 1. The smallest absolute Gasteiger partial charge is 0.331 e. The van der Waals surface area contributed by atoms with Gasteiger partial charge < -0.3 is 10.1 Å². The molecule has 3 heterocycles. The highest BCUT2D eigenvalue weighted by Crippen LogP contribution is 2.36. The number of hydrogen-bond acceptors (Lipinski definition) is 4. The van der Waals surface area contributed by atoms with Crippen LogP contribution >= 0.6 is 0 Å². The number of nitrogens with zero attached hydrogens (tertiary/aromatic N) is 4. The number of aromatic nitrogens is 2. The van der Waals surface area contributed by atoms with Crippen molar-refractivity contribution in [2.45, 2.75) is 71.4 Å². The number of carbonyl (C=O) groups excluding carboxylic acids is 1. The van der Waals surface area contributed by atoms with Crippen molar-refractivity contribution in [3.05, 3.63) is 17.6 Å². The second-order valence-corrected chi connectivity index (χ2v) is 8.66. The quantitative estimate of drug-likeness (QED) is 0.813. The van der Waals surface area contributed by atoms with E-state index in [4.69, 9.17) is 9.98 Å². The molecule has 2 aliphatic heterocycles. The lowest BCUT2D eigenvalue weighted by atomic mass is 9.87. The van der Waals surface area contributed by atoms with E-state index in [0.29, 0.717) is 37.7 Å². The molecule has 2 N–H and O–H groups in total. The molecule has 1 aromatic rings. The Hall–Kier alpha value is -2.15. The molecule has 0 aromatic carbocycles. The van der Waals surface area contributed by atoms with E-state index in [-0.39, 0.29) is 12.1 Å². The Labute approximate surface area is 166 Å². The van der Waals surface area contributed by atoms with E-state index in [1.54, 1.807) is 4.90 Å². The number of rotatable bonds is 5. The van der Waals surface area contributed by atoms with E-state index < -0.39 is 5.60 Å². The van der Waals surface area contributed by atoms with Crippen LogP contribution in [-0.4, -0.2) is 56.6 Å². The number of amidine groups is 1. The van der Waals surface area contributed by atoms with Crippen molar-refractivity contribution in [3.63, 3.8) is 0 Å². The number of anilines is 1. The maximum atomic E-state index is 13.2. The van der Waals surface area contributed by atoms with Crippen LogP contribution in [0.3, 0.4) is 0 Å². The van der Waals surface area contributed by atoms with Gasteiger partial charge in [-0.25, -0.2) is 9.78 Å². The van der Waals surface area contributed by atoms with Crippen molar-refractivity contribution in [3.8, 4) is 0 Å². The molecule has 2 amide bonds. The summed E-state index contributed by atoms with van der Waals surface area (Å²) in [6.45, 7) is 9.58. The van der Waals surface area contributed by atoms with E-state index in [1.165, 1.54) is 0 Å². The first-order valence-corrected chi connectivity index (χ1v) is 10.5. The highest BCUT2D eigenvalue weighted by Gasteiger charge is 2.43. The minimum absolute atomic E-state index is 0.0162. The van der Waals surface area contributed by atoms with Crippen LogP contribution in [0.4, 0.5) is 10.6 Å². The van der Waals surface area contributed by atoms with Gasteiger partial charge in [0.1, 0.15) is 11.5 Å². The van der Waals surface area contributed by atoms with Crippen LogP contribution in [0.25, 0.3) is 5.57 Å². The number of aliphatic imine (C=N–C) groups is 1. The third-order valence-electron chi connectivity index (χ3n) is 6.31. The number of allylic oxidation sites excluding steroid dienone is 1. The molecule has 4 rings (SSSR count). The predicted octanol–water partition coefficient (Wildman–Crippen LogP) is 3.55. The summed E-state index contributed by atoms with van der Waals surface area (Å²) in [5.41, 5.74) is 1.32. The molecule has 0 saturated carbocycles. The normalized spacial score (nSPS) is 28.0. The zero-order valence-electron chi connectivity index (χ0n) is 17.3. The molecule has 2 unspecified atom stereocenters. The molecule has 0 fully saturated rings. The second kappa shape index (κ2) is 7.03. The number of carbonyl (C=O) groups is 1. The number of urea groups is 1. The van der Waals surface area contributed by atoms with Crippen molar-refractivity contribution < 1.29 is 9.90 Å². The summed E-state index contributed by atoms with van der Waals surface area (Å²) in [5.74, 6) is 2.66. The number of H-pyrrole nitrogens is 1. The molecule has 3 aliphatic rings. The van der Waals surface area contributed by atoms with Gasteiger partial charge in [0.25, 0.3) is 0 Å². The largest absolute Gasteiger partial charge is 0.390 e. The Balaban J connectivity index is 1.74. The van der Waals surface area contributed by atoms with Crippen molar-refractivity contribution in [2.75, 3.05) is 18.0 Å². The van der Waals surface area contributed by atoms with Crippen LogP contribution in [-0.2, 0) is 0 Å². The van der Waals surface area contributed by atoms with E-state index in [9.17, 15) is 9.90 Å². The molecular formula is C21H31N5O2. The SMILES string of the molecule is CCCN1C(=O)N2C[C@@H](C(C)CC)N=C2c2[nH]c(C3=CCC(C)(O)CC3)nc21. The van der Waals surface area contributed by atoms with Crippen molar-refractivity contribution >= 4 is 23.3 Å². The highest BCUT2D eigenvalue weighted by molar-refractivity contribution is 6.18. The van der Waals surface area contributed by atoms with Gasteiger partial charge in [0, 0.05) is 6.54 Å². The molecule has 1 aromatic heterocycles. The molecule has 1 aliphatic carbocycles. The Morgan fingerprint density at radius 1 is 1.43 bits per heavy atom. The van der Waals surface area contributed by atoms with Gasteiger partial charge in [-0.2, -0.15) is 0 Å². The monoisotopic (exact) mass is 385 g/mol. The molecule has 28 heavy (non-hydrogen) atoms. The van der Waals surface area contributed by atoms with Gasteiger partial charge in [0.2, 0.25) is 0 Å². The van der Waals surface area contributed by atoms with Crippen LogP contribution in [0.15, 0.2) is 11.1 Å². The average molecular weight is 386 g/mol. The molecule has 0 radical (unpaired) electrons. The minimum Gasteiger partial charge on any atom is -0.390 e. The Bertz CT molecular complexity index is 838. The fraction of sp³-hybridized carbons (Fsp3) is 0.667. The maximum absolute atomic E-state index is 13.2. The summed E-state index contributed by atoms with van der Waals surface area (Å²) in [7, 11) is 0. The number of imidazole rings is 1. The summed E-state index contributed by atoms with van der Waals surface area (Å²) >= 11 is 0. The molecule has 7 nitrogen and oxygen atoms in total. The summed E-state index contributed by atoms with van der Waals surface area (Å²) in [6.07, 6.45) is 6.08. The molecule has 7 heteroatoms. The molecule has 152 valence electrons. The zero-order valence-corrected chi connectivity index (χ0v) is 17.3. The van der Waals surface area contributed by atoms with Crippen LogP contribution < -0.4 is 4.90 Å². The van der Waals surface area contributed by atoms with E-state index in [1.807, 2.05) is 11.8 Å². The summed E-state index contributed by atoms with van der Waals surface area (Å²) < 4.78 is 0. The molecule has 0 saturated heterocycles. The van der Waals surface area contributed by atoms with Gasteiger partial charge in [-0.15, -0.1) is 0 Å². The molecule has 0 spiro atoms. The lowest BCUT2D eigenvalue weighted by molar-refractivity contribution is 0.0523. The number of hydrogen-bond donors (Lipinski definition) is 2. The summed E-state index contributed by atoms with van der Waals surface area (Å²) in [6, 6.07) is 0.117. The Morgan fingerprint density at radius 2 is 2.21 bits per heavy atom. The van der Waals surface area contributed by atoms with Crippen molar-refractivity contribution in [1.82, 2.24) is 14.9 Å². The Kier molecular flexibility index (Phi) is 4.81. The van der Waals surface area contributed by atoms with Gasteiger partial charge in [-0.3, -0.25) is 14.8 Å². The average Bonchev–Trinajstić information content (AvgIpc) is 3.29. The zero-order chi connectivity index (χ0) is 20.1. The first-order valence-electron chi connectivity index (χ1n) is 10.5. The first-order chi connectivity index (χ1) is 13.3. The molecular weight excluding hydrogens is 354 g/mol. The maximum Gasteiger partial charge on any atom is 0.331 e. The van der Waals surface area contributed by atoms with Gasteiger partial charge in [0.05, 0.1) is 18.2 Å². The fourth-order valence-corrected chi connectivity index (χ4v) is 4.18. The van der Waals surface area contributed by atoms with Gasteiger partial charge in [-0.05, 0) is 44.1 Å². The number of aliphatic hydroxyl groups is 1. The third-order valence-corrected chi connectivity index (χ3v) is 6.31. The predicted molar refractivity (Wildman–Crippen MR) is 111 cm³/mol. The molecule has 0 bridgehead atoms. The van der Waals surface area contributed by atoms with Crippen molar-refractivity contribution in [2.24, 2.45) is 10.9 Å². The van der Waals surface area contributed by atoms with Crippen LogP contribution in [0.1, 0.15) is 71.3 Å². The van der Waals surface area contributed by atoms with E-state index >= 15 is 0 Å². The lowest BCUT2D eigenvalue weighted by Gasteiger charge is -2.32. The third kappa shape index (κ3) is 3.15. The van der Waals surface area contributed by atoms with Gasteiger partial charge >= 0.3 is 6.03 Å². The van der Waals surface area contributed by atoms with E-state index in [2.05, 4.69) is 31.8 Å². The first kappa shape index (κ1) is 19.2. The van der Waals surface area contributed by atoms with Crippen LogP contribution in [0, 0.1) is 5.92 Å². The van der Waals surface area contributed by atoms with Crippen molar-refractivity contribution in [1.29, 1.82) is 0 Å². The number of fused-ring (bicyclic) bond motifs is 3. The summed E-state index contributed by atoms with van der Waals surface area (Å²) in [4.78, 5) is 29.9. The number of amides is 2. The Morgan fingerprint density at radius 3 is 2.86 bits per heavy atom. The second-order valence-electron chi connectivity index (χ2n) is 8.66. The van der Waals surface area contributed by atoms with Gasteiger partial charge in [0.15, 0.2) is 11.7 Å². The lowest BCUT2D eigenvalue weighted by Crippen LogP contribution is -2.50.